The second-order valence-electron chi connectivity index (χ2n) is 6.57. The van der Waals surface area contributed by atoms with Crippen molar-refractivity contribution in [1.82, 2.24) is 10.3 Å². The minimum Gasteiger partial charge on any atom is -0.297 e. The van der Waals surface area contributed by atoms with E-state index < -0.39 is 0 Å². The van der Waals surface area contributed by atoms with Crippen LogP contribution in [0.4, 0.5) is 0 Å². The molecule has 1 unspecified atom stereocenters. The van der Waals surface area contributed by atoms with E-state index in [1.165, 1.54) is 44.3 Å². The highest BCUT2D eigenvalue weighted by atomic mass is 79.9. The highest BCUT2D eigenvalue weighted by Crippen LogP contribution is 2.27. The van der Waals surface area contributed by atoms with E-state index in [-0.39, 0.29) is 11.6 Å². The van der Waals surface area contributed by atoms with E-state index >= 15 is 0 Å². The molecule has 1 aromatic carbocycles. The molecule has 0 aromatic heterocycles. The van der Waals surface area contributed by atoms with Crippen LogP contribution in [0.2, 0.25) is 0 Å². The summed E-state index contributed by atoms with van der Waals surface area (Å²) in [6.45, 7) is 7.00. The molecular weight excluding hydrogens is 326 g/mol. The molecule has 0 radical (unpaired) electrons. The third kappa shape index (κ3) is 4.28. The molecule has 1 aromatic rings. The van der Waals surface area contributed by atoms with E-state index in [0.29, 0.717) is 0 Å². The molecule has 118 valence electrons. The molecule has 0 bridgehead atoms. The molecule has 21 heavy (non-hydrogen) atoms. The Balaban J connectivity index is 2.12. The predicted molar refractivity (Wildman–Crippen MR) is 93.1 cm³/mol. The fourth-order valence-electron chi connectivity index (χ4n) is 3.26. The van der Waals surface area contributed by atoms with Crippen molar-refractivity contribution in [3.63, 3.8) is 0 Å². The topological polar surface area (TPSA) is 41.3 Å². The Kier molecular flexibility index (Phi) is 6.23. The molecule has 0 saturated carbocycles. The average molecular weight is 354 g/mol. The van der Waals surface area contributed by atoms with Crippen LogP contribution < -0.4 is 11.3 Å². The van der Waals surface area contributed by atoms with Crippen molar-refractivity contribution in [2.24, 2.45) is 5.84 Å². The summed E-state index contributed by atoms with van der Waals surface area (Å²) >= 11 is 3.65. The van der Waals surface area contributed by atoms with Gasteiger partial charge >= 0.3 is 0 Å². The number of halogens is 1. The first-order chi connectivity index (χ1) is 10.1. The maximum atomic E-state index is 5.91. The van der Waals surface area contributed by atoms with Crippen LogP contribution in [0.3, 0.4) is 0 Å². The van der Waals surface area contributed by atoms with E-state index in [2.05, 4.69) is 64.4 Å². The molecule has 2 rings (SSSR count). The van der Waals surface area contributed by atoms with Gasteiger partial charge in [0.2, 0.25) is 0 Å². The van der Waals surface area contributed by atoms with Gasteiger partial charge in [-0.05, 0) is 57.8 Å². The number of nitrogens with zero attached hydrogens (tertiary/aromatic N) is 1. The molecule has 1 heterocycles. The molecule has 1 fully saturated rings. The van der Waals surface area contributed by atoms with E-state index in [4.69, 9.17) is 5.84 Å². The van der Waals surface area contributed by atoms with Gasteiger partial charge in [0.15, 0.2) is 0 Å². The zero-order valence-electron chi connectivity index (χ0n) is 13.2. The molecule has 3 N–H and O–H groups in total. The van der Waals surface area contributed by atoms with Crippen LogP contribution in [0.15, 0.2) is 28.7 Å². The summed E-state index contributed by atoms with van der Waals surface area (Å²) in [5.74, 6) is 5.91. The van der Waals surface area contributed by atoms with Gasteiger partial charge in [-0.15, -0.1) is 0 Å². The first-order valence-corrected chi connectivity index (χ1v) is 8.79. The Hall–Kier alpha value is -0.420. The van der Waals surface area contributed by atoms with Crippen molar-refractivity contribution in [2.45, 2.75) is 57.5 Å². The maximum Gasteiger partial charge on any atom is 0.0430 e. The lowest BCUT2D eigenvalue weighted by Crippen LogP contribution is -2.60. The number of hydrazine groups is 1. The van der Waals surface area contributed by atoms with Crippen LogP contribution in [-0.4, -0.2) is 29.6 Å². The standard InChI is InChI=1S/C17H28BrN3/c1-17(2,21-11-7-3-4-8-12-21)16(20-19)13-14-9-5-6-10-15(14)18/h5-6,9-10,16,20H,3-4,7-8,11-13,19H2,1-2H3. The molecule has 3 nitrogen and oxygen atoms in total. The first kappa shape index (κ1) is 16.9. The maximum absolute atomic E-state index is 5.91. The molecule has 1 aliphatic rings. The fraction of sp³-hybridized carbons (Fsp3) is 0.647. The highest BCUT2D eigenvalue weighted by Gasteiger charge is 2.35. The summed E-state index contributed by atoms with van der Waals surface area (Å²) in [7, 11) is 0. The monoisotopic (exact) mass is 353 g/mol. The van der Waals surface area contributed by atoms with Crippen molar-refractivity contribution in [3.05, 3.63) is 34.3 Å². The van der Waals surface area contributed by atoms with Crippen molar-refractivity contribution < 1.29 is 0 Å². The van der Waals surface area contributed by atoms with Gasteiger partial charge in [0.1, 0.15) is 0 Å². The summed E-state index contributed by atoms with van der Waals surface area (Å²) in [5, 5.41) is 0. The zero-order valence-corrected chi connectivity index (χ0v) is 14.8. The van der Waals surface area contributed by atoms with E-state index in [9.17, 15) is 0 Å². The number of hydrogen-bond acceptors (Lipinski definition) is 3. The minimum atomic E-state index is 0.0500. The summed E-state index contributed by atoms with van der Waals surface area (Å²) in [5.41, 5.74) is 4.43. The molecule has 0 aliphatic carbocycles. The second-order valence-corrected chi connectivity index (χ2v) is 7.42. The zero-order chi connectivity index (χ0) is 15.3. The fourth-order valence-corrected chi connectivity index (χ4v) is 3.71. The van der Waals surface area contributed by atoms with E-state index in [1.54, 1.807) is 0 Å². The Morgan fingerprint density at radius 2 is 1.81 bits per heavy atom. The van der Waals surface area contributed by atoms with Crippen LogP contribution in [-0.2, 0) is 6.42 Å². The van der Waals surface area contributed by atoms with Crippen LogP contribution in [0.1, 0.15) is 45.1 Å². The van der Waals surface area contributed by atoms with Crippen molar-refractivity contribution in [1.29, 1.82) is 0 Å². The number of rotatable bonds is 5. The van der Waals surface area contributed by atoms with Crippen molar-refractivity contribution >= 4 is 15.9 Å². The van der Waals surface area contributed by atoms with Crippen LogP contribution >= 0.6 is 15.9 Å². The smallest absolute Gasteiger partial charge is 0.0430 e. The first-order valence-electron chi connectivity index (χ1n) is 8.00. The van der Waals surface area contributed by atoms with Crippen LogP contribution in [0, 0.1) is 0 Å². The molecule has 0 amide bonds. The Labute approximate surface area is 137 Å². The third-order valence-corrected chi connectivity index (χ3v) is 5.63. The molecular formula is C17H28BrN3. The van der Waals surface area contributed by atoms with Crippen LogP contribution in [0.5, 0.6) is 0 Å². The lowest BCUT2D eigenvalue weighted by molar-refractivity contribution is 0.0834. The summed E-state index contributed by atoms with van der Waals surface area (Å²) < 4.78 is 1.16. The molecule has 0 spiro atoms. The van der Waals surface area contributed by atoms with Gasteiger partial charge in [-0.1, -0.05) is 47.0 Å². The molecule has 4 heteroatoms. The van der Waals surface area contributed by atoms with Gasteiger partial charge in [-0.2, -0.15) is 0 Å². The summed E-state index contributed by atoms with van der Waals surface area (Å²) in [4.78, 5) is 2.61. The van der Waals surface area contributed by atoms with Crippen molar-refractivity contribution in [3.8, 4) is 0 Å². The van der Waals surface area contributed by atoms with E-state index in [0.717, 1.165) is 10.9 Å². The second kappa shape index (κ2) is 7.73. The lowest BCUT2D eigenvalue weighted by Gasteiger charge is -2.44. The molecule has 1 saturated heterocycles. The van der Waals surface area contributed by atoms with Gasteiger partial charge < -0.3 is 0 Å². The van der Waals surface area contributed by atoms with Gasteiger partial charge in [-0.3, -0.25) is 16.2 Å². The quantitative estimate of drug-likeness (QED) is 0.628. The van der Waals surface area contributed by atoms with Gasteiger partial charge in [0.05, 0.1) is 0 Å². The molecule has 1 atom stereocenters. The Morgan fingerprint density at radius 1 is 1.19 bits per heavy atom. The van der Waals surface area contributed by atoms with Crippen molar-refractivity contribution in [2.75, 3.05) is 13.1 Å². The highest BCUT2D eigenvalue weighted by molar-refractivity contribution is 9.10. The lowest BCUT2D eigenvalue weighted by atomic mass is 9.87. The summed E-state index contributed by atoms with van der Waals surface area (Å²) in [6.07, 6.45) is 6.25. The number of nitrogens with two attached hydrogens (primary N) is 1. The van der Waals surface area contributed by atoms with Gasteiger partial charge in [-0.25, -0.2) is 0 Å². The Bertz CT molecular complexity index is 439. The van der Waals surface area contributed by atoms with Gasteiger partial charge in [0, 0.05) is 16.1 Å². The SMILES string of the molecule is CC(C)(C(Cc1ccccc1Br)NN)N1CCCCCC1. The Morgan fingerprint density at radius 3 is 2.38 bits per heavy atom. The largest absolute Gasteiger partial charge is 0.297 e. The minimum absolute atomic E-state index is 0.0500. The van der Waals surface area contributed by atoms with E-state index in [1.807, 2.05) is 0 Å². The molecule has 1 aliphatic heterocycles. The van der Waals surface area contributed by atoms with Gasteiger partial charge in [0.25, 0.3) is 0 Å². The average Bonchev–Trinajstić information content (AvgIpc) is 2.75. The third-order valence-electron chi connectivity index (χ3n) is 4.86. The predicted octanol–water partition coefficient (Wildman–Crippen LogP) is 3.48. The number of nitrogens with one attached hydrogen (secondary N) is 1. The normalized spacial score (nSPS) is 19.2. The number of benzene rings is 1. The summed E-state index contributed by atoms with van der Waals surface area (Å²) in [6, 6.07) is 8.65. The number of hydrogen-bond donors (Lipinski definition) is 2. The number of likely N-dealkylation sites (tertiary alicyclic amines) is 1. The van der Waals surface area contributed by atoms with Crippen LogP contribution in [0.25, 0.3) is 0 Å².